The SMILES string of the molecule is O=C1Nc2cccnc2Nc2cc(F)ccc21. The van der Waals surface area contributed by atoms with E-state index >= 15 is 0 Å². The monoisotopic (exact) mass is 229 g/mol. The van der Waals surface area contributed by atoms with Crippen molar-refractivity contribution in [2.45, 2.75) is 0 Å². The van der Waals surface area contributed by atoms with Gasteiger partial charge in [-0.3, -0.25) is 4.79 Å². The van der Waals surface area contributed by atoms with Gasteiger partial charge in [-0.15, -0.1) is 0 Å². The minimum atomic E-state index is -0.400. The van der Waals surface area contributed by atoms with Gasteiger partial charge in [-0.05, 0) is 30.3 Å². The van der Waals surface area contributed by atoms with Crippen LogP contribution in [0.5, 0.6) is 0 Å². The molecule has 1 aromatic heterocycles. The van der Waals surface area contributed by atoms with Gasteiger partial charge in [0.1, 0.15) is 5.82 Å². The first kappa shape index (κ1) is 9.77. The highest BCUT2D eigenvalue weighted by Gasteiger charge is 2.19. The van der Waals surface area contributed by atoms with Crippen LogP contribution in [0.4, 0.5) is 21.6 Å². The van der Waals surface area contributed by atoms with Crippen LogP contribution in [0.1, 0.15) is 10.4 Å². The fourth-order valence-corrected chi connectivity index (χ4v) is 1.74. The van der Waals surface area contributed by atoms with Crippen molar-refractivity contribution in [3.8, 4) is 0 Å². The number of nitrogens with one attached hydrogen (secondary N) is 2. The first-order valence-corrected chi connectivity index (χ1v) is 5.07. The number of amides is 1. The number of hydrogen-bond acceptors (Lipinski definition) is 3. The van der Waals surface area contributed by atoms with Gasteiger partial charge in [0.25, 0.3) is 5.91 Å². The molecule has 2 heterocycles. The number of anilines is 3. The molecular weight excluding hydrogens is 221 g/mol. The van der Waals surface area contributed by atoms with Gasteiger partial charge in [0.15, 0.2) is 5.82 Å². The largest absolute Gasteiger partial charge is 0.338 e. The smallest absolute Gasteiger partial charge is 0.257 e. The summed E-state index contributed by atoms with van der Waals surface area (Å²) in [5, 5.41) is 5.65. The van der Waals surface area contributed by atoms with Crippen LogP contribution in [0.15, 0.2) is 36.5 Å². The Balaban J connectivity index is 2.18. The number of rotatable bonds is 0. The number of hydrogen-bond donors (Lipinski definition) is 2. The summed E-state index contributed by atoms with van der Waals surface area (Å²) in [7, 11) is 0. The number of fused-ring (bicyclic) bond motifs is 2. The quantitative estimate of drug-likeness (QED) is 0.729. The van der Waals surface area contributed by atoms with Crippen LogP contribution in [0.3, 0.4) is 0 Å². The Morgan fingerprint density at radius 3 is 2.88 bits per heavy atom. The molecule has 0 fully saturated rings. The molecule has 0 atom stereocenters. The second-order valence-electron chi connectivity index (χ2n) is 3.67. The van der Waals surface area contributed by atoms with E-state index in [0.717, 1.165) is 0 Å². The molecule has 1 aliphatic rings. The zero-order chi connectivity index (χ0) is 11.8. The van der Waals surface area contributed by atoms with Crippen molar-refractivity contribution in [2.24, 2.45) is 0 Å². The van der Waals surface area contributed by atoms with Crippen molar-refractivity contribution >= 4 is 23.1 Å². The van der Waals surface area contributed by atoms with Gasteiger partial charge in [-0.2, -0.15) is 0 Å². The number of pyridine rings is 1. The Hall–Kier alpha value is -2.43. The molecule has 0 saturated carbocycles. The second-order valence-corrected chi connectivity index (χ2v) is 3.67. The molecular formula is C12H8FN3O. The van der Waals surface area contributed by atoms with Crippen LogP contribution in [-0.4, -0.2) is 10.9 Å². The summed E-state index contributed by atoms with van der Waals surface area (Å²) in [5.41, 5.74) is 1.39. The number of benzene rings is 1. The van der Waals surface area contributed by atoms with E-state index in [9.17, 15) is 9.18 Å². The third-order valence-electron chi connectivity index (χ3n) is 2.54. The topological polar surface area (TPSA) is 54.0 Å². The summed E-state index contributed by atoms with van der Waals surface area (Å²) in [6.45, 7) is 0. The molecule has 0 saturated heterocycles. The Bertz CT molecular complexity index is 612. The van der Waals surface area contributed by atoms with Gasteiger partial charge in [0.2, 0.25) is 0 Å². The average molecular weight is 229 g/mol. The number of carbonyl (C=O) groups excluding carboxylic acids is 1. The number of nitrogens with zero attached hydrogens (tertiary/aromatic N) is 1. The molecule has 0 aliphatic carbocycles. The van der Waals surface area contributed by atoms with E-state index in [1.807, 2.05) is 0 Å². The Labute approximate surface area is 96.5 Å². The molecule has 4 nitrogen and oxygen atoms in total. The van der Waals surface area contributed by atoms with E-state index in [2.05, 4.69) is 15.6 Å². The maximum atomic E-state index is 13.1. The van der Waals surface area contributed by atoms with Crippen molar-refractivity contribution < 1.29 is 9.18 Å². The molecule has 17 heavy (non-hydrogen) atoms. The van der Waals surface area contributed by atoms with Crippen molar-refractivity contribution in [3.63, 3.8) is 0 Å². The van der Waals surface area contributed by atoms with Crippen LogP contribution in [-0.2, 0) is 0 Å². The van der Waals surface area contributed by atoms with Crippen LogP contribution in [0.25, 0.3) is 0 Å². The van der Waals surface area contributed by atoms with Crippen LogP contribution in [0, 0.1) is 5.82 Å². The van der Waals surface area contributed by atoms with Crippen molar-refractivity contribution in [1.82, 2.24) is 4.98 Å². The van der Waals surface area contributed by atoms with Crippen molar-refractivity contribution in [3.05, 3.63) is 47.9 Å². The van der Waals surface area contributed by atoms with E-state index in [0.29, 0.717) is 22.8 Å². The highest BCUT2D eigenvalue weighted by Crippen LogP contribution is 2.30. The van der Waals surface area contributed by atoms with Crippen LogP contribution >= 0.6 is 0 Å². The molecule has 1 aromatic carbocycles. The van der Waals surface area contributed by atoms with E-state index in [1.54, 1.807) is 18.3 Å². The first-order chi connectivity index (χ1) is 8.24. The molecule has 1 aliphatic heterocycles. The van der Waals surface area contributed by atoms with E-state index < -0.39 is 5.82 Å². The average Bonchev–Trinajstić information content (AvgIpc) is 2.44. The lowest BCUT2D eigenvalue weighted by atomic mass is 10.1. The Kier molecular flexibility index (Phi) is 2.04. The summed E-state index contributed by atoms with van der Waals surface area (Å²) in [6.07, 6.45) is 1.60. The van der Waals surface area contributed by atoms with Gasteiger partial charge >= 0.3 is 0 Å². The van der Waals surface area contributed by atoms with Crippen molar-refractivity contribution in [2.75, 3.05) is 10.6 Å². The lowest BCUT2D eigenvalue weighted by molar-refractivity contribution is 0.102. The number of aromatic nitrogens is 1. The number of carbonyl (C=O) groups is 1. The normalized spacial score (nSPS) is 12.9. The van der Waals surface area contributed by atoms with E-state index in [-0.39, 0.29) is 5.91 Å². The summed E-state index contributed by atoms with van der Waals surface area (Å²) in [5.74, 6) is -0.173. The maximum absolute atomic E-state index is 13.1. The van der Waals surface area contributed by atoms with E-state index in [4.69, 9.17) is 0 Å². The zero-order valence-electron chi connectivity index (χ0n) is 8.70. The molecule has 84 valence electrons. The summed E-state index contributed by atoms with van der Waals surface area (Å²) < 4.78 is 13.1. The van der Waals surface area contributed by atoms with Gasteiger partial charge in [0.05, 0.1) is 16.9 Å². The van der Waals surface area contributed by atoms with E-state index in [1.165, 1.54) is 18.2 Å². The van der Waals surface area contributed by atoms with Crippen molar-refractivity contribution in [1.29, 1.82) is 0 Å². The molecule has 2 N–H and O–H groups in total. The lowest BCUT2D eigenvalue weighted by Gasteiger charge is -2.06. The highest BCUT2D eigenvalue weighted by atomic mass is 19.1. The molecule has 5 heteroatoms. The third-order valence-corrected chi connectivity index (χ3v) is 2.54. The predicted molar refractivity (Wildman–Crippen MR) is 61.9 cm³/mol. The van der Waals surface area contributed by atoms with Gasteiger partial charge in [-0.1, -0.05) is 0 Å². The third kappa shape index (κ3) is 1.61. The van der Waals surface area contributed by atoms with Gasteiger partial charge in [-0.25, -0.2) is 9.37 Å². The first-order valence-electron chi connectivity index (χ1n) is 5.07. The molecule has 1 amide bonds. The molecule has 0 spiro atoms. The maximum Gasteiger partial charge on any atom is 0.257 e. The lowest BCUT2D eigenvalue weighted by Crippen LogP contribution is -2.10. The molecule has 0 radical (unpaired) electrons. The van der Waals surface area contributed by atoms with Gasteiger partial charge in [0, 0.05) is 6.20 Å². The molecule has 0 bridgehead atoms. The predicted octanol–water partition coefficient (Wildman–Crippen LogP) is 2.53. The summed E-state index contributed by atoms with van der Waals surface area (Å²) in [4.78, 5) is 16.0. The fourth-order valence-electron chi connectivity index (χ4n) is 1.74. The fraction of sp³-hybridized carbons (Fsp3) is 0. The minimum absolute atomic E-state index is 0.278. The summed E-state index contributed by atoms with van der Waals surface area (Å²) >= 11 is 0. The Morgan fingerprint density at radius 1 is 1.12 bits per heavy atom. The standard InChI is InChI=1S/C12H8FN3O/c13-7-3-4-8-10(6-7)15-11-9(16-12(8)17)2-1-5-14-11/h1-6H,(H,14,15)(H,16,17). The molecule has 3 rings (SSSR count). The zero-order valence-corrected chi connectivity index (χ0v) is 8.70. The Morgan fingerprint density at radius 2 is 2.00 bits per heavy atom. The van der Waals surface area contributed by atoms with Crippen LogP contribution < -0.4 is 10.6 Å². The van der Waals surface area contributed by atoms with Gasteiger partial charge < -0.3 is 10.6 Å². The van der Waals surface area contributed by atoms with Crippen LogP contribution in [0.2, 0.25) is 0 Å². The minimum Gasteiger partial charge on any atom is -0.338 e. The summed E-state index contributed by atoms with van der Waals surface area (Å²) in [6, 6.07) is 7.42. The highest BCUT2D eigenvalue weighted by molar-refractivity contribution is 6.11. The number of halogens is 1. The molecule has 2 aromatic rings. The molecule has 0 unspecified atom stereocenters. The second kappa shape index (κ2) is 3.55.